The van der Waals surface area contributed by atoms with Crippen molar-refractivity contribution in [2.45, 2.75) is 13.3 Å². The van der Waals surface area contributed by atoms with Gasteiger partial charge in [0.1, 0.15) is 12.1 Å². The minimum atomic E-state index is -0.254. The fraction of sp³-hybridized carbons (Fsp3) is 0.125. The first-order valence-electron chi connectivity index (χ1n) is 7.16. The summed E-state index contributed by atoms with van der Waals surface area (Å²) in [6, 6.07) is 7.28. The van der Waals surface area contributed by atoms with Crippen molar-refractivity contribution in [2.24, 2.45) is 0 Å². The van der Waals surface area contributed by atoms with Gasteiger partial charge in [-0.1, -0.05) is 13.5 Å². The number of aromatic nitrogens is 4. The zero-order valence-corrected chi connectivity index (χ0v) is 12.7. The number of hydrogen-bond acceptors (Lipinski definition) is 5. The second kappa shape index (κ2) is 5.88. The molecule has 0 radical (unpaired) electrons. The summed E-state index contributed by atoms with van der Waals surface area (Å²) in [6.45, 7) is 5.43. The largest absolute Gasteiger partial charge is 0.383 e. The van der Waals surface area contributed by atoms with Crippen LogP contribution < -0.4 is 11.1 Å². The minimum Gasteiger partial charge on any atom is -0.383 e. The topological polar surface area (TPSA) is 98.7 Å². The molecule has 1 aromatic carbocycles. The van der Waals surface area contributed by atoms with Crippen LogP contribution in [-0.2, 0) is 11.2 Å². The Bertz CT molecular complexity index is 881. The first-order valence-corrected chi connectivity index (χ1v) is 7.16. The molecule has 0 bridgehead atoms. The molecular formula is C16H16N6O. The van der Waals surface area contributed by atoms with Crippen molar-refractivity contribution in [1.82, 2.24) is 19.7 Å². The Labute approximate surface area is 132 Å². The quantitative estimate of drug-likeness (QED) is 0.719. The number of rotatable bonds is 4. The lowest BCUT2D eigenvalue weighted by Gasteiger charge is -2.05. The van der Waals surface area contributed by atoms with Crippen molar-refractivity contribution in [3.63, 3.8) is 0 Å². The van der Waals surface area contributed by atoms with E-state index in [0.717, 1.165) is 23.2 Å². The maximum Gasteiger partial charge on any atom is 0.247 e. The lowest BCUT2D eigenvalue weighted by atomic mass is 10.2. The standard InChI is InChI=1S/C16H16N6O/c1-3-12-14-15(17)18-9-19-16(14)22(21-12)11-7-5-10(6-8-11)20-13(23)4-2/h4-9H,2-3H2,1H3,(H,20,23)(H2,17,18,19). The molecule has 7 heteroatoms. The van der Waals surface area contributed by atoms with E-state index in [1.807, 2.05) is 19.1 Å². The Morgan fingerprint density at radius 3 is 2.74 bits per heavy atom. The molecular weight excluding hydrogens is 292 g/mol. The van der Waals surface area contributed by atoms with E-state index in [1.54, 1.807) is 16.8 Å². The number of hydrogen-bond donors (Lipinski definition) is 2. The number of fused-ring (bicyclic) bond motifs is 1. The maximum atomic E-state index is 11.3. The van der Waals surface area contributed by atoms with Crippen LogP contribution in [0.25, 0.3) is 16.7 Å². The number of carbonyl (C=O) groups excluding carboxylic acids is 1. The molecule has 3 N–H and O–H groups in total. The average molecular weight is 308 g/mol. The van der Waals surface area contributed by atoms with E-state index in [0.29, 0.717) is 17.2 Å². The summed E-state index contributed by atoms with van der Waals surface area (Å²) in [5.41, 5.74) is 8.97. The Balaban J connectivity index is 2.05. The third-order valence-electron chi connectivity index (χ3n) is 3.47. The first kappa shape index (κ1) is 14.7. The smallest absolute Gasteiger partial charge is 0.247 e. The van der Waals surface area contributed by atoms with Gasteiger partial charge in [-0.15, -0.1) is 0 Å². The van der Waals surface area contributed by atoms with Crippen LogP contribution in [-0.4, -0.2) is 25.7 Å². The van der Waals surface area contributed by atoms with Gasteiger partial charge in [0.15, 0.2) is 5.65 Å². The van der Waals surface area contributed by atoms with Gasteiger partial charge in [-0.05, 0) is 36.8 Å². The van der Waals surface area contributed by atoms with E-state index in [2.05, 4.69) is 27.0 Å². The molecule has 0 saturated heterocycles. The number of anilines is 2. The minimum absolute atomic E-state index is 0.254. The Kier molecular flexibility index (Phi) is 3.76. The van der Waals surface area contributed by atoms with Gasteiger partial charge in [-0.2, -0.15) is 5.10 Å². The summed E-state index contributed by atoms with van der Waals surface area (Å²) in [5.74, 6) is 0.170. The van der Waals surface area contributed by atoms with Gasteiger partial charge in [-0.3, -0.25) is 4.79 Å². The van der Waals surface area contributed by atoms with Gasteiger partial charge < -0.3 is 11.1 Å². The summed E-state index contributed by atoms with van der Waals surface area (Å²) < 4.78 is 1.73. The average Bonchev–Trinajstić information content (AvgIpc) is 2.95. The van der Waals surface area contributed by atoms with E-state index in [9.17, 15) is 4.79 Å². The molecule has 0 saturated carbocycles. The second-order valence-electron chi connectivity index (χ2n) is 4.91. The maximum absolute atomic E-state index is 11.3. The van der Waals surface area contributed by atoms with Crippen LogP contribution in [0, 0.1) is 0 Å². The number of carbonyl (C=O) groups is 1. The van der Waals surface area contributed by atoms with Gasteiger partial charge in [0.25, 0.3) is 0 Å². The number of nitrogens with zero attached hydrogens (tertiary/aromatic N) is 4. The molecule has 3 aromatic rings. The molecule has 1 amide bonds. The van der Waals surface area contributed by atoms with Gasteiger partial charge in [-0.25, -0.2) is 14.6 Å². The van der Waals surface area contributed by atoms with Crippen LogP contribution in [0.2, 0.25) is 0 Å². The highest BCUT2D eigenvalue weighted by molar-refractivity contribution is 5.98. The molecule has 2 heterocycles. The van der Waals surface area contributed by atoms with Gasteiger partial charge in [0.2, 0.25) is 5.91 Å². The molecule has 0 fully saturated rings. The van der Waals surface area contributed by atoms with E-state index in [-0.39, 0.29) is 5.91 Å². The van der Waals surface area contributed by atoms with Gasteiger partial charge in [0.05, 0.1) is 16.8 Å². The second-order valence-corrected chi connectivity index (χ2v) is 4.91. The van der Waals surface area contributed by atoms with Crippen molar-refractivity contribution in [3.05, 3.63) is 48.9 Å². The number of nitrogens with two attached hydrogens (primary N) is 1. The van der Waals surface area contributed by atoms with E-state index in [4.69, 9.17) is 5.73 Å². The zero-order valence-electron chi connectivity index (χ0n) is 12.7. The number of benzene rings is 1. The Morgan fingerprint density at radius 2 is 2.09 bits per heavy atom. The molecule has 0 aliphatic rings. The summed E-state index contributed by atoms with van der Waals surface area (Å²) in [4.78, 5) is 19.6. The lowest BCUT2D eigenvalue weighted by molar-refractivity contribution is -0.111. The van der Waals surface area contributed by atoms with Crippen molar-refractivity contribution < 1.29 is 4.79 Å². The highest BCUT2D eigenvalue weighted by Gasteiger charge is 2.15. The molecule has 0 atom stereocenters. The van der Waals surface area contributed by atoms with E-state index < -0.39 is 0 Å². The zero-order chi connectivity index (χ0) is 16.4. The summed E-state index contributed by atoms with van der Waals surface area (Å²) in [6.07, 6.45) is 3.38. The molecule has 0 aliphatic carbocycles. The van der Waals surface area contributed by atoms with Crippen molar-refractivity contribution >= 4 is 28.4 Å². The molecule has 0 unspecified atom stereocenters. The first-order chi connectivity index (χ1) is 11.1. The lowest BCUT2D eigenvalue weighted by Crippen LogP contribution is -2.07. The highest BCUT2D eigenvalue weighted by atomic mass is 16.1. The third-order valence-corrected chi connectivity index (χ3v) is 3.47. The van der Waals surface area contributed by atoms with Gasteiger partial charge >= 0.3 is 0 Å². The molecule has 23 heavy (non-hydrogen) atoms. The normalized spacial score (nSPS) is 10.7. The van der Waals surface area contributed by atoms with Crippen molar-refractivity contribution in [2.75, 3.05) is 11.1 Å². The van der Waals surface area contributed by atoms with Gasteiger partial charge in [0, 0.05) is 5.69 Å². The SMILES string of the molecule is C=CC(=O)Nc1ccc(-n2nc(CC)c3c(N)ncnc32)cc1. The molecule has 0 aliphatic heterocycles. The third kappa shape index (κ3) is 2.64. The fourth-order valence-electron chi connectivity index (χ4n) is 2.35. The summed E-state index contributed by atoms with van der Waals surface area (Å²) >= 11 is 0. The molecule has 3 rings (SSSR count). The predicted octanol–water partition coefficient (Wildman–Crippen LogP) is 2.08. The fourth-order valence-corrected chi connectivity index (χ4v) is 2.35. The number of nitrogens with one attached hydrogen (secondary N) is 1. The number of aryl methyl sites for hydroxylation is 1. The van der Waals surface area contributed by atoms with E-state index in [1.165, 1.54) is 12.4 Å². The number of amides is 1. The predicted molar refractivity (Wildman–Crippen MR) is 89.3 cm³/mol. The van der Waals surface area contributed by atoms with Crippen LogP contribution >= 0.6 is 0 Å². The molecule has 0 spiro atoms. The monoisotopic (exact) mass is 308 g/mol. The molecule has 7 nitrogen and oxygen atoms in total. The van der Waals surface area contributed by atoms with Crippen LogP contribution in [0.4, 0.5) is 11.5 Å². The Hall–Kier alpha value is -3.22. The van der Waals surface area contributed by atoms with Crippen LogP contribution in [0.1, 0.15) is 12.6 Å². The number of nitrogen functional groups attached to an aromatic ring is 1. The summed E-state index contributed by atoms with van der Waals surface area (Å²) in [7, 11) is 0. The van der Waals surface area contributed by atoms with Crippen LogP contribution in [0.3, 0.4) is 0 Å². The van der Waals surface area contributed by atoms with Crippen molar-refractivity contribution in [1.29, 1.82) is 0 Å². The summed E-state index contributed by atoms with van der Waals surface area (Å²) in [5, 5.41) is 8.05. The molecule has 116 valence electrons. The van der Waals surface area contributed by atoms with Crippen LogP contribution in [0.5, 0.6) is 0 Å². The Morgan fingerprint density at radius 1 is 1.35 bits per heavy atom. The van der Waals surface area contributed by atoms with Crippen molar-refractivity contribution in [3.8, 4) is 5.69 Å². The van der Waals surface area contributed by atoms with E-state index >= 15 is 0 Å². The molecule has 2 aromatic heterocycles. The van der Waals surface area contributed by atoms with Crippen LogP contribution in [0.15, 0.2) is 43.2 Å². The highest BCUT2D eigenvalue weighted by Crippen LogP contribution is 2.24.